The topological polar surface area (TPSA) is 55.4 Å². The number of methoxy groups -OCH3 is 1. The molecule has 1 aromatic carbocycles. The lowest BCUT2D eigenvalue weighted by Crippen LogP contribution is -2.22. The van der Waals surface area contributed by atoms with Gasteiger partial charge in [-0.1, -0.05) is 31.9 Å². The van der Waals surface area contributed by atoms with Gasteiger partial charge < -0.3 is 10.1 Å². The zero-order valence-corrected chi connectivity index (χ0v) is 14.3. The number of amides is 1. The average molecular weight is 444 g/mol. The van der Waals surface area contributed by atoms with Crippen molar-refractivity contribution in [1.82, 2.24) is 0 Å². The average Bonchev–Trinajstić information content (AvgIpc) is 2.30. The van der Waals surface area contributed by atoms with Crippen LogP contribution in [0, 0.1) is 0 Å². The minimum absolute atomic E-state index is 0.247. The number of alkyl halides is 1. The normalized spacial score (nSPS) is 11.8. The zero-order valence-electron chi connectivity index (χ0n) is 9.59. The van der Waals surface area contributed by atoms with Crippen LogP contribution in [0.3, 0.4) is 0 Å². The molecule has 98 valence electrons. The molecule has 1 atom stereocenters. The Hall–Kier alpha value is -0.400. The molecular weight excluding hydrogens is 434 g/mol. The standard InChI is InChI=1S/C11H10Br3NO3/c1-5(12)10(16)15-9-7(11(17)18-2)3-6(13)4-8(9)14/h3-5H,1-2H3,(H,15,16). The highest BCUT2D eigenvalue weighted by molar-refractivity contribution is 9.11. The molecule has 18 heavy (non-hydrogen) atoms. The van der Waals surface area contributed by atoms with Crippen molar-refractivity contribution in [3.63, 3.8) is 0 Å². The number of rotatable bonds is 3. The summed E-state index contributed by atoms with van der Waals surface area (Å²) in [6.45, 7) is 1.69. The van der Waals surface area contributed by atoms with Gasteiger partial charge in [0.15, 0.2) is 0 Å². The van der Waals surface area contributed by atoms with E-state index in [1.54, 1.807) is 19.1 Å². The summed E-state index contributed by atoms with van der Waals surface area (Å²) >= 11 is 9.75. The van der Waals surface area contributed by atoms with Crippen LogP contribution in [-0.4, -0.2) is 23.8 Å². The third-order valence-corrected chi connectivity index (χ3v) is 3.57. The van der Waals surface area contributed by atoms with Crippen molar-refractivity contribution in [1.29, 1.82) is 0 Å². The summed E-state index contributed by atoms with van der Waals surface area (Å²) in [7, 11) is 1.29. The highest BCUT2D eigenvalue weighted by atomic mass is 79.9. The van der Waals surface area contributed by atoms with E-state index in [-0.39, 0.29) is 16.3 Å². The summed E-state index contributed by atoms with van der Waals surface area (Å²) in [5.74, 6) is -0.766. The van der Waals surface area contributed by atoms with Gasteiger partial charge in [-0.3, -0.25) is 4.79 Å². The first kappa shape index (κ1) is 15.7. The van der Waals surface area contributed by atoms with Crippen molar-refractivity contribution in [2.24, 2.45) is 0 Å². The second-order valence-corrected chi connectivity index (χ2v) is 6.55. The maximum atomic E-state index is 11.7. The predicted molar refractivity (Wildman–Crippen MR) is 80.2 cm³/mol. The molecular formula is C11H10Br3NO3. The number of carbonyl (C=O) groups is 2. The number of esters is 1. The summed E-state index contributed by atoms with van der Waals surface area (Å²) in [6.07, 6.45) is 0. The van der Waals surface area contributed by atoms with E-state index in [1.807, 2.05) is 0 Å². The van der Waals surface area contributed by atoms with E-state index in [9.17, 15) is 9.59 Å². The van der Waals surface area contributed by atoms with Crippen molar-refractivity contribution in [2.75, 3.05) is 12.4 Å². The van der Waals surface area contributed by atoms with E-state index in [4.69, 9.17) is 0 Å². The summed E-state index contributed by atoms with van der Waals surface area (Å²) < 4.78 is 5.99. The fourth-order valence-corrected chi connectivity index (χ4v) is 2.63. The van der Waals surface area contributed by atoms with Crippen molar-refractivity contribution >= 4 is 65.4 Å². The summed E-state index contributed by atoms with van der Waals surface area (Å²) in [4.78, 5) is 23.0. The summed E-state index contributed by atoms with van der Waals surface area (Å²) in [6, 6.07) is 3.33. The first-order valence-electron chi connectivity index (χ1n) is 4.89. The summed E-state index contributed by atoms with van der Waals surface area (Å²) in [5, 5.41) is 2.67. The second kappa shape index (κ2) is 6.68. The van der Waals surface area contributed by atoms with Crippen LogP contribution < -0.4 is 5.32 Å². The Morgan fingerprint density at radius 3 is 2.44 bits per heavy atom. The van der Waals surface area contributed by atoms with Gasteiger partial charge in [-0.05, 0) is 35.0 Å². The van der Waals surface area contributed by atoms with Crippen LogP contribution in [0.1, 0.15) is 17.3 Å². The Labute approximate surface area is 130 Å². The van der Waals surface area contributed by atoms with Crippen LogP contribution >= 0.6 is 47.8 Å². The molecule has 0 aliphatic carbocycles. The van der Waals surface area contributed by atoms with Crippen LogP contribution in [0.2, 0.25) is 0 Å². The van der Waals surface area contributed by atoms with Crippen molar-refractivity contribution < 1.29 is 14.3 Å². The minimum Gasteiger partial charge on any atom is -0.465 e. The number of halogens is 3. The molecule has 0 saturated heterocycles. The van der Waals surface area contributed by atoms with Gasteiger partial charge in [-0.2, -0.15) is 0 Å². The van der Waals surface area contributed by atoms with Crippen LogP contribution in [0.25, 0.3) is 0 Å². The third-order valence-electron chi connectivity index (χ3n) is 2.07. The number of carbonyl (C=O) groups excluding carboxylic acids is 2. The van der Waals surface area contributed by atoms with Gasteiger partial charge in [0.25, 0.3) is 0 Å². The fourth-order valence-electron chi connectivity index (χ4n) is 1.19. The Kier molecular flexibility index (Phi) is 5.81. The Morgan fingerprint density at radius 1 is 1.33 bits per heavy atom. The molecule has 4 nitrogen and oxygen atoms in total. The van der Waals surface area contributed by atoms with Gasteiger partial charge in [0.1, 0.15) is 0 Å². The Bertz CT molecular complexity index is 489. The monoisotopic (exact) mass is 441 g/mol. The fraction of sp³-hybridized carbons (Fsp3) is 0.273. The molecule has 0 fully saturated rings. The van der Waals surface area contributed by atoms with Crippen LogP contribution in [-0.2, 0) is 9.53 Å². The number of anilines is 1. The van der Waals surface area contributed by atoms with E-state index < -0.39 is 5.97 Å². The van der Waals surface area contributed by atoms with Gasteiger partial charge in [-0.15, -0.1) is 0 Å². The smallest absolute Gasteiger partial charge is 0.340 e. The number of hydrogen-bond donors (Lipinski definition) is 1. The maximum Gasteiger partial charge on any atom is 0.340 e. The predicted octanol–water partition coefficient (Wildman–Crippen LogP) is 3.72. The van der Waals surface area contributed by atoms with Crippen molar-refractivity contribution in [2.45, 2.75) is 11.8 Å². The van der Waals surface area contributed by atoms with Gasteiger partial charge in [0.05, 0.1) is 23.2 Å². The van der Waals surface area contributed by atoms with Crippen LogP contribution in [0.15, 0.2) is 21.1 Å². The first-order chi connectivity index (χ1) is 8.36. The largest absolute Gasteiger partial charge is 0.465 e. The molecule has 7 heteroatoms. The van der Waals surface area contributed by atoms with Crippen molar-refractivity contribution in [3.8, 4) is 0 Å². The molecule has 0 saturated carbocycles. The number of ether oxygens (including phenoxy) is 1. The molecule has 1 amide bonds. The van der Waals surface area contributed by atoms with E-state index in [1.165, 1.54) is 7.11 Å². The van der Waals surface area contributed by atoms with Crippen LogP contribution in [0.4, 0.5) is 5.69 Å². The molecule has 0 radical (unpaired) electrons. The zero-order chi connectivity index (χ0) is 13.9. The minimum atomic E-state index is -0.519. The molecule has 0 aromatic heterocycles. The van der Waals surface area contributed by atoms with Gasteiger partial charge in [0.2, 0.25) is 5.91 Å². The molecule has 0 aliphatic rings. The lowest BCUT2D eigenvalue weighted by molar-refractivity contribution is -0.115. The lowest BCUT2D eigenvalue weighted by Gasteiger charge is -2.13. The molecule has 1 unspecified atom stereocenters. The van der Waals surface area contributed by atoms with Gasteiger partial charge in [0, 0.05) is 8.95 Å². The van der Waals surface area contributed by atoms with Gasteiger partial charge in [-0.25, -0.2) is 4.79 Å². The molecule has 0 spiro atoms. The first-order valence-corrected chi connectivity index (χ1v) is 7.39. The van der Waals surface area contributed by atoms with Crippen LogP contribution in [0.5, 0.6) is 0 Å². The molecule has 1 aromatic rings. The highest BCUT2D eigenvalue weighted by Crippen LogP contribution is 2.31. The summed E-state index contributed by atoms with van der Waals surface area (Å²) in [5.41, 5.74) is 0.668. The molecule has 0 aliphatic heterocycles. The number of hydrogen-bond acceptors (Lipinski definition) is 3. The molecule has 0 heterocycles. The highest BCUT2D eigenvalue weighted by Gasteiger charge is 2.19. The van der Waals surface area contributed by atoms with Gasteiger partial charge >= 0.3 is 5.97 Å². The Morgan fingerprint density at radius 2 is 1.94 bits per heavy atom. The second-order valence-electron chi connectivity index (χ2n) is 3.41. The molecule has 1 N–H and O–H groups in total. The SMILES string of the molecule is COC(=O)c1cc(Br)cc(Br)c1NC(=O)C(C)Br. The Balaban J connectivity index is 3.24. The van der Waals surface area contributed by atoms with E-state index in [0.29, 0.717) is 14.6 Å². The third kappa shape index (κ3) is 3.80. The molecule has 0 bridgehead atoms. The maximum absolute atomic E-state index is 11.7. The number of benzene rings is 1. The van der Waals surface area contributed by atoms with E-state index in [2.05, 4.69) is 57.8 Å². The molecule has 1 rings (SSSR count). The number of nitrogens with one attached hydrogen (secondary N) is 1. The lowest BCUT2D eigenvalue weighted by atomic mass is 10.1. The van der Waals surface area contributed by atoms with Crippen molar-refractivity contribution in [3.05, 3.63) is 26.6 Å². The quantitative estimate of drug-likeness (QED) is 0.572. The van der Waals surface area contributed by atoms with E-state index in [0.717, 1.165) is 0 Å². The van der Waals surface area contributed by atoms with E-state index >= 15 is 0 Å².